The third-order valence-corrected chi connectivity index (χ3v) is 4.63. The first-order valence-electron chi connectivity index (χ1n) is 8.14. The molecule has 1 aromatic carbocycles. The fourth-order valence-electron chi connectivity index (χ4n) is 3.19. The second-order valence-corrected chi connectivity index (χ2v) is 6.49. The summed E-state index contributed by atoms with van der Waals surface area (Å²) in [6.45, 7) is 4.86. The number of hydrogen-bond acceptors (Lipinski definition) is 3. The third kappa shape index (κ3) is 4.45. The number of hydrogen-bond donors (Lipinski definition) is 2. The van der Waals surface area contributed by atoms with Crippen LogP contribution >= 0.6 is 0 Å². The Morgan fingerprint density at radius 1 is 1.24 bits per heavy atom. The van der Waals surface area contributed by atoms with Crippen molar-refractivity contribution in [2.45, 2.75) is 64.0 Å². The highest BCUT2D eigenvalue weighted by Crippen LogP contribution is 2.29. The molecule has 1 aromatic rings. The molecule has 1 unspecified atom stereocenters. The lowest BCUT2D eigenvalue weighted by molar-refractivity contribution is 0.0231. The van der Waals surface area contributed by atoms with Gasteiger partial charge in [-0.25, -0.2) is 0 Å². The summed E-state index contributed by atoms with van der Waals surface area (Å²) < 4.78 is 5.48. The topological polar surface area (TPSA) is 41.5 Å². The lowest BCUT2D eigenvalue weighted by Crippen LogP contribution is -2.41. The van der Waals surface area contributed by atoms with Crippen LogP contribution in [-0.2, 0) is 0 Å². The molecule has 21 heavy (non-hydrogen) atoms. The molecule has 0 saturated heterocycles. The first-order chi connectivity index (χ1) is 10.0. The van der Waals surface area contributed by atoms with Crippen LogP contribution in [0, 0.1) is 6.92 Å². The Hall–Kier alpha value is -1.06. The smallest absolute Gasteiger partial charge is 0.123 e. The normalized spacial score (nSPS) is 19.8. The molecule has 2 N–H and O–H groups in total. The summed E-state index contributed by atoms with van der Waals surface area (Å²) in [5.74, 6) is 0.919. The highest BCUT2D eigenvalue weighted by Gasteiger charge is 2.28. The molecule has 3 heteroatoms. The summed E-state index contributed by atoms with van der Waals surface area (Å²) in [5, 5.41) is 14.2. The van der Waals surface area contributed by atoms with E-state index in [1.165, 1.54) is 18.4 Å². The maximum absolute atomic E-state index is 10.7. The number of rotatable bonds is 5. The molecule has 3 nitrogen and oxygen atoms in total. The van der Waals surface area contributed by atoms with Gasteiger partial charge in [0.05, 0.1) is 12.7 Å². The number of aliphatic hydroxyl groups is 1. The van der Waals surface area contributed by atoms with Crippen molar-refractivity contribution in [3.8, 4) is 5.75 Å². The molecular weight excluding hydrogens is 262 g/mol. The largest absolute Gasteiger partial charge is 0.496 e. The van der Waals surface area contributed by atoms with Gasteiger partial charge in [-0.2, -0.15) is 0 Å². The molecule has 0 spiro atoms. The first-order valence-corrected chi connectivity index (χ1v) is 8.14. The molecule has 0 radical (unpaired) electrons. The fraction of sp³-hybridized carbons (Fsp3) is 0.667. The van der Waals surface area contributed by atoms with Gasteiger partial charge in [0.1, 0.15) is 5.75 Å². The zero-order valence-electron chi connectivity index (χ0n) is 13.6. The second kappa shape index (κ2) is 7.28. The minimum absolute atomic E-state index is 0.174. The van der Waals surface area contributed by atoms with E-state index in [0.717, 1.165) is 37.0 Å². The van der Waals surface area contributed by atoms with Gasteiger partial charge in [-0.15, -0.1) is 0 Å². The van der Waals surface area contributed by atoms with Crippen LogP contribution in [-0.4, -0.2) is 24.4 Å². The van der Waals surface area contributed by atoms with E-state index in [4.69, 9.17) is 4.74 Å². The molecule has 1 saturated carbocycles. The van der Waals surface area contributed by atoms with E-state index < -0.39 is 5.60 Å². The van der Waals surface area contributed by atoms with Gasteiger partial charge < -0.3 is 15.2 Å². The molecular formula is C18H29NO2. The van der Waals surface area contributed by atoms with Crippen LogP contribution in [0.3, 0.4) is 0 Å². The maximum atomic E-state index is 10.7. The van der Waals surface area contributed by atoms with Crippen molar-refractivity contribution >= 4 is 0 Å². The summed E-state index contributed by atoms with van der Waals surface area (Å²) in [7, 11) is 1.71. The number of ether oxygens (including phenoxy) is 1. The van der Waals surface area contributed by atoms with E-state index in [1.54, 1.807) is 7.11 Å². The summed E-state index contributed by atoms with van der Waals surface area (Å²) in [6, 6.07) is 6.46. The van der Waals surface area contributed by atoms with E-state index in [2.05, 4.69) is 37.4 Å². The van der Waals surface area contributed by atoms with Gasteiger partial charge in [-0.3, -0.25) is 0 Å². The predicted molar refractivity (Wildman–Crippen MR) is 86.8 cm³/mol. The van der Waals surface area contributed by atoms with Gasteiger partial charge >= 0.3 is 0 Å². The van der Waals surface area contributed by atoms with Crippen LogP contribution in [0.4, 0.5) is 0 Å². The Morgan fingerprint density at radius 3 is 2.52 bits per heavy atom. The molecule has 1 fully saturated rings. The zero-order chi connectivity index (χ0) is 15.3. The quantitative estimate of drug-likeness (QED) is 0.812. The maximum Gasteiger partial charge on any atom is 0.123 e. The Labute approximate surface area is 128 Å². The summed E-state index contributed by atoms with van der Waals surface area (Å²) in [5.41, 5.74) is 1.81. The van der Waals surface area contributed by atoms with Crippen LogP contribution in [0.15, 0.2) is 18.2 Å². The van der Waals surface area contributed by atoms with E-state index in [9.17, 15) is 5.11 Å². The average Bonchev–Trinajstić information content (AvgIpc) is 2.70. The van der Waals surface area contributed by atoms with Crippen LogP contribution in [0.2, 0.25) is 0 Å². The van der Waals surface area contributed by atoms with Crippen molar-refractivity contribution < 1.29 is 9.84 Å². The van der Waals surface area contributed by atoms with Crippen molar-refractivity contribution in [3.63, 3.8) is 0 Å². The van der Waals surface area contributed by atoms with E-state index >= 15 is 0 Å². The van der Waals surface area contributed by atoms with Gasteiger partial charge in [0, 0.05) is 18.2 Å². The number of benzene rings is 1. The zero-order valence-corrected chi connectivity index (χ0v) is 13.6. The Balaban J connectivity index is 1.99. The lowest BCUT2D eigenvalue weighted by atomic mass is 9.93. The highest BCUT2D eigenvalue weighted by atomic mass is 16.5. The molecule has 0 bridgehead atoms. The van der Waals surface area contributed by atoms with Crippen LogP contribution in [0.5, 0.6) is 5.75 Å². The van der Waals surface area contributed by atoms with E-state index in [-0.39, 0.29) is 6.04 Å². The van der Waals surface area contributed by atoms with Crippen LogP contribution in [0.25, 0.3) is 0 Å². The molecule has 1 aliphatic carbocycles. The molecule has 0 amide bonds. The Kier molecular flexibility index (Phi) is 5.65. The summed E-state index contributed by atoms with van der Waals surface area (Å²) in [6.07, 6.45) is 6.61. The van der Waals surface area contributed by atoms with Crippen molar-refractivity contribution in [3.05, 3.63) is 29.3 Å². The minimum atomic E-state index is -0.539. The molecule has 0 aromatic heterocycles. The lowest BCUT2D eigenvalue weighted by Gasteiger charge is -2.29. The molecule has 0 aliphatic heterocycles. The average molecular weight is 291 g/mol. The van der Waals surface area contributed by atoms with Crippen LogP contribution in [0.1, 0.15) is 62.6 Å². The number of methoxy groups -OCH3 is 1. The van der Waals surface area contributed by atoms with E-state index in [0.29, 0.717) is 6.54 Å². The predicted octanol–water partition coefficient (Wildman–Crippen LogP) is 3.74. The van der Waals surface area contributed by atoms with Gasteiger partial charge in [-0.1, -0.05) is 37.8 Å². The van der Waals surface area contributed by atoms with E-state index in [1.807, 2.05) is 0 Å². The number of aryl methyl sites for hydroxylation is 1. The SMILES string of the molecule is COc1cc(C)ccc1C(C)NCC1(O)CCCCCC1. The summed E-state index contributed by atoms with van der Waals surface area (Å²) >= 11 is 0. The van der Waals surface area contributed by atoms with Crippen molar-refractivity contribution in [1.82, 2.24) is 5.32 Å². The Morgan fingerprint density at radius 2 is 1.90 bits per heavy atom. The van der Waals surface area contributed by atoms with Gasteiger partial charge in [-0.05, 0) is 38.3 Å². The fourth-order valence-corrected chi connectivity index (χ4v) is 3.19. The van der Waals surface area contributed by atoms with Crippen molar-refractivity contribution in [2.75, 3.05) is 13.7 Å². The van der Waals surface area contributed by atoms with Crippen molar-refractivity contribution in [2.24, 2.45) is 0 Å². The molecule has 1 aliphatic rings. The standard InChI is InChI=1S/C18H29NO2/c1-14-8-9-16(17(12-14)21-3)15(2)19-13-18(20)10-6-4-5-7-11-18/h8-9,12,15,19-20H,4-7,10-11,13H2,1-3H3. The van der Waals surface area contributed by atoms with Crippen molar-refractivity contribution in [1.29, 1.82) is 0 Å². The van der Waals surface area contributed by atoms with Crippen LogP contribution < -0.4 is 10.1 Å². The summed E-state index contributed by atoms with van der Waals surface area (Å²) in [4.78, 5) is 0. The molecule has 1 atom stereocenters. The molecule has 0 heterocycles. The van der Waals surface area contributed by atoms with Gasteiger partial charge in [0.25, 0.3) is 0 Å². The first kappa shape index (κ1) is 16.3. The monoisotopic (exact) mass is 291 g/mol. The second-order valence-electron chi connectivity index (χ2n) is 6.49. The molecule has 2 rings (SSSR count). The number of nitrogens with one attached hydrogen (secondary N) is 1. The van der Waals surface area contributed by atoms with Gasteiger partial charge in [0.15, 0.2) is 0 Å². The Bertz CT molecular complexity index is 451. The highest BCUT2D eigenvalue weighted by molar-refractivity contribution is 5.39. The third-order valence-electron chi connectivity index (χ3n) is 4.63. The minimum Gasteiger partial charge on any atom is -0.496 e. The molecule has 118 valence electrons. The van der Waals surface area contributed by atoms with Gasteiger partial charge in [0.2, 0.25) is 0 Å².